The molecule has 0 aliphatic heterocycles. The molecule has 0 aliphatic carbocycles. The van der Waals surface area contributed by atoms with Gasteiger partial charge in [0.15, 0.2) is 0 Å². The number of aliphatic hydroxyl groups excluding tert-OH is 2. The molecule has 0 saturated carbocycles. The molecule has 1 atom stereocenters. The lowest BCUT2D eigenvalue weighted by molar-refractivity contribution is 0.126. The highest BCUT2D eigenvalue weighted by atomic mass is 35.5. The van der Waals surface area contributed by atoms with Crippen LogP contribution in [0.4, 0.5) is 0 Å². The molecule has 4 N–H and O–H groups in total. The summed E-state index contributed by atoms with van der Waals surface area (Å²) in [4.78, 5) is 2.07. The molecule has 0 saturated heterocycles. The first-order valence-electron chi connectivity index (χ1n) is 5.01. The van der Waals surface area contributed by atoms with Crippen molar-refractivity contribution in [3.05, 3.63) is 0 Å². The molecule has 0 aromatic heterocycles. The summed E-state index contributed by atoms with van der Waals surface area (Å²) in [5.41, 5.74) is 0. The predicted octanol–water partition coefficient (Wildman–Crippen LogP) is -0.362. The van der Waals surface area contributed by atoms with Crippen molar-refractivity contribution in [2.24, 2.45) is 0 Å². The fraction of sp³-hybridized carbons (Fsp3) is 1.00. The van der Waals surface area contributed by atoms with E-state index in [1.807, 2.05) is 6.92 Å². The fourth-order valence-corrected chi connectivity index (χ4v) is 1.12. The van der Waals surface area contributed by atoms with Crippen LogP contribution in [0.2, 0.25) is 0 Å². The second-order valence-electron chi connectivity index (χ2n) is 3.23. The maximum Gasteiger partial charge on any atom is 0.394 e. The van der Waals surface area contributed by atoms with Crippen molar-refractivity contribution >= 4 is 22.0 Å². The van der Waals surface area contributed by atoms with Crippen molar-refractivity contribution in [3.63, 3.8) is 0 Å². The monoisotopic (exact) mass is 293 g/mol. The van der Waals surface area contributed by atoms with E-state index in [1.165, 1.54) is 0 Å². The molecule has 0 spiro atoms. The van der Waals surface area contributed by atoms with E-state index in [0.717, 1.165) is 19.5 Å². The SMILES string of the molecule is CCN(CCCO)CC(O)CCl.O=S(=O)(O)O. The summed E-state index contributed by atoms with van der Waals surface area (Å²) in [5, 5.41) is 17.8. The number of hydrogen-bond acceptors (Lipinski definition) is 5. The van der Waals surface area contributed by atoms with Gasteiger partial charge in [-0.05, 0) is 13.0 Å². The Balaban J connectivity index is 0. The maximum absolute atomic E-state index is 9.22. The van der Waals surface area contributed by atoms with Crippen LogP contribution in [0.25, 0.3) is 0 Å². The molecule has 7 nitrogen and oxygen atoms in total. The number of halogens is 1. The first kappa shape index (κ1) is 19.4. The third-order valence-electron chi connectivity index (χ3n) is 1.73. The van der Waals surface area contributed by atoms with Crippen molar-refractivity contribution in [3.8, 4) is 0 Å². The summed E-state index contributed by atoms with van der Waals surface area (Å²) >= 11 is 5.46. The Hall–Kier alpha value is 0.0400. The first-order chi connectivity index (χ1) is 7.74. The van der Waals surface area contributed by atoms with Gasteiger partial charge in [-0.25, -0.2) is 0 Å². The molecule has 0 aliphatic rings. The van der Waals surface area contributed by atoms with E-state index in [9.17, 15) is 5.11 Å². The van der Waals surface area contributed by atoms with Gasteiger partial charge in [0, 0.05) is 25.6 Å². The van der Waals surface area contributed by atoms with Gasteiger partial charge in [-0.2, -0.15) is 8.42 Å². The molecule has 0 rings (SSSR count). The molecule has 0 fully saturated rings. The number of nitrogens with zero attached hydrogens (tertiary/aromatic N) is 1. The molecule has 1 unspecified atom stereocenters. The van der Waals surface area contributed by atoms with E-state index in [2.05, 4.69) is 4.90 Å². The van der Waals surface area contributed by atoms with Gasteiger partial charge in [-0.1, -0.05) is 6.92 Å². The zero-order valence-corrected chi connectivity index (χ0v) is 11.2. The highest BCUT2D eigenvalue weighted by Gasteiger charge is 2.07. The minimum atomic E-state index is -4.67. The average molecular weight is 294 g/mol. The van der Waals surface area contributed by atoms with E-state index in [-0.39, 0.29) is 12.5 Å². The van der Waals surface area contributed by atoms with Gasteiger partial charge in [0.2, 0.25) is 0 Å². The summed E-state index contributed by atoms with van der Waals surface area (Å²) < 4.78 is 31.6. The Morgan fingerprint density at radius 2 is 1.82 bits per heavy atom. The summed E-state index contributed by atoms with van der Waals surface area (Å²) in [6.45, 7) is 4.53. The lowest BCUT2D eigenvalue weighted by Crippen LogP contribution is -2.34. The molecule has 0 radical (unpaired) electrons. The van der Waals surface area contributed by atoms with Gasteiger partial charge >= 0.3 is 10.4 Å². The van der Waals surface area contributed by atoms with Gasteiger partial charge in [0.1, 0.15) is 0 Å². The second kappa shape index (κ2) is 11.1. The number of rotatable bonds is 7. The third-order valence-corrected chi connectivity index (χ3v) is 2.08. The van der Waals surface area contributed by atoms with Crippen molar-refractivity contribution in [2.75, 3.05) is 32.1 Å². The number of hydrogen-bond donors (Lipinski definition) is 4. The quantitative estimate of drug-likeness (QED) is 0.374. The standard InChI is InChI=1S/C8H18ClNO2.H2O4S/c1-2-10(4-3-5-11)7-8(12)6-9;1-5(2,3)4/h8,11-12H,2-7H2,1H3;(H2,1,2,3,4). The van der Waals surface area contributed by atoms with Crippen molar-refractivity contribution < 1.29 is 27.7 Å². The first-order valence-corrected chi connectivity index (χ1v) is 6.94. The van der Waals surface area contributed by atoms with Crippen LogP contribution >= 0.6 is 11.6 Å². The molecule has 0 heterocycles. The Kier molecular flexibility index (Phi) is 12.7. The lowest BCUT2D eigenvalue weighted by Gasteiger charge is -2.21. The van der Waals surface area contributed by atoms with Crippen LogP contribution in [0.1, 0.15) is 13.3 Å². The zero-order chi connectivity index (χ0) is 13.9. The molecular formula is C8H20ClNO6S. The van der Waals surface area contributed by atoms with E-state index >= 15 is 0 Å². The highest BCUT2D eigenvalue weighted by Crippen LogP contribution is 1.96. The lowest BCUT2D eigenvalue weighted by atomic mass is 10.3. The van der Waals surface area contributed by atoms with E-state index in [0.29, 0.717) is 6.54 Å². The van der Waals surface area contributed by atoms with Gasteiger partial charge < -0.3 is 15.1 Å². The Morgan fingerprint density at radius 1 is 1.35 bits per heavy atom. The summed E-state index contributed by atoms with van der Waals surface area (Å²) in [7, 11) is -4.67. The summed E-state index contributed by atoms with van der Waals surface area (Å²) in [6, 6.07) is 0. The van der Waals surface area contributed by atoms with Crippen LogP contribution in [-0.2, 0) is 10.4 Å². The van der Waals surface area contributed by atoms with Crippen LogP contribution in [0.3, 0.4) is 0 Å². The number of alkyl halides is 1. The second-order valence-corrected chi connectivity index (χ2v) is 4.43. The van der Waals surface area contributed by atoms with E-state index in [4.69, 9.17) is 34.2 Å². The van der Waals surface area contributed by atoms with Gasteiger partial charge in [0.25, 0.3) is 0 Å². The zero-order valence-electron chi connectivity index (χ0n) is 9.66. The molecule has 0 aromatic rings. The topological polar surface area (TPSA) is 118 Å². The Bertz CT molecular complexity index is 253. The third kappa shape index (κ3) is 21.8. The molecule has 0 bridgehead atoms. The van der Waals surface area contributed by atoms with Crippen LogP contribution in [0.5, 0.6) is 0 Å². The average Bonchev–Trinajstić information content (AvgIpc) is 2.21. The predicted molar refractivity (Wildman–Crippen MR) is 64.7 cm³/mol. The van der Waals surface area contributed by atoms with E-state index in [1.54, 1.807) is 0 Å². The van der Waals surface area contributed by atoms with Gasteiger partial charge in [0.05, 0.1) is 6.10 Å². The number of likely N-dealkylation sites (N-methyl/N-ethyl adjacent to an activating group) is 1. The Morgan fingerprint density at radius 3 is 2.12 bits per heavy atom. The molecule has 17 heavy (non-hydrogen) atoms. The van der Waals surface area contributed by atoms with Crippen LogP contribution in [-0.4, -0.2) is 70.9 Å². The largest absolute Gasteiger partial charge is 0.396 e. The minimum absolute atomic E-state index is 0.202. The molecule has 106 valence electrons. The molecule has 0 amide bonds. The number of aliphatic hydroxyl groups is 2. The van der Waals surface area contributed by atoms with Gasteiger partial charge in [-0.15, -0.1) is 11.6 Å². The summed E-state index contributed by atoms with van der Waals surface area (Å²) in [5.74, 6) is 0.273. The fourth-order valence-electron chi connectivity index (χ4n) is 1.02. The smallest absolute Gasteiger partial charge is 0.394 e. The highest BCUT2D eigenvalue weighted by molar-refractivity contribution is 7.79. The van der Waals surface area contributed by atoms with Crippen molar-refractivity contribution in [1.29, 1.82) is 0 Å². The Labute approximate surface area is 107 Å². The normalized spacial score (nSPS) is 13.1. The van der Waals surface area contributed by atoms with Gasteiger partial charge in [-0.3, -0.25) is 9.11 Å². The minimum Gasteiger partial charge on any atom is -0.396 e. The van der Waals surface area contributed by atoms with Crippen molar-refractivity contribution in [1.82, 2.24) is 4.90 Å². The van der Waals surface area contributed by atoms with Crippen LogP contribution in [0, 0.1) is 0 Å². The molecule has 0 aromatic carbocycles. The van der Waals surface area contributed by atoms with Crippen LogP contribution < -0.4 is 0 Å². The van der Waals surface area contributed by atoms with Crippen LogP contribution in [0.15, 0.2) is 0 Å². The summed E-state index contributed by atoms with van der Waals surface area (Å²) in [6.07, 6.45) is 0.299. The maximum atomic E-state index is 9.22. The molecular weight excluding hydrogens is 274 g/mol. The van der Waals surface area contributed by atoms with Crippen molar-refractivity contribution in [2.45, 2.75) is 19.4 Å². The molecule has 9 heteroatoms. The van der Waals surface area contributed by atoms with E-state index < -0.39 is 16.5 Å².